The number of hydrogen-bond donors (Lipinski definition) is 0. The number of thiazole rings is 1. The Labute approximate surface area is 308 Å². The fraction of sp³-hybridized carbons (Fsp3) is 0.146. The van der Waals surface area contributed by atoms with Gasteiger partial charge < -0.3 is 14.2 Å². The predicted octanol–water partition coefficient (Wildman–Crippen LogP) is 8.05. The Morgan fingerprint density at radius 1 is 0.980 bits per heavy atom. The van der Waals surface area contributed by atoms with E-state index in [9.17, 15) is 9.59 Å². The van der Waals surface area contributed by atoms with Crippen molar-refractivity contribution in [2.24, 2.45) is 4.99 Å². The molecule has 0 fully saturated rings. The smallest absolute Gasteiger partial charge is 0.338 e. The van der Waals surface area contributed by atoms with Crippen molar-refractivity contribution in [3.8, 4) is 11.5 Å². The topological polar surface area (TPSA) is 79.1 Å². The molecule has 0 radical (unpaired) electrons. The fourth-order valence-corrected chi connectivity index (χ4v) is 7.91. The molecule has 0 unspecified atom stereocenters. The van der Waals surface area contributed by atoms with Gasteiger partial charge in [0.05, 0.1) is 40.6 Å². The van der Waals surface area contributed by atoms with Gasteiger partial charge in [-0.05, 0) is 71.0 Å². The number of halogens is 1. The third kappa shape index (κ3) is 6.85. The van der Waals surface area contributed by atoms with Gasteiger partial charge in [0, 0.05) is 10.5 Å². The minimum absolute atomic E-state index is 0.178. The van der Waals surface area contributed by atoms with E-state index in [0.717, 1.165) is 32.4 Å². The highest BCUT2D eigenvalue weighted by molar-refractivity contribution is 7.98. The first-order chi connectivity index (χ1) is 24.9. The highest BCUT2D eigenvalue weighted by atomic mass is 35.5. The summed E-state index contributed by atoms with van der Waals surface area (Å²) < 4.78 is 19.5. The summed E-state index contributed by atoms with van der Waals surface area (Å²) in [5.41, 5.74) is 3.66. The summed E-state index contributed by atoms with van der Waals surface area (Å²) in [5, 5.41) is 2.57. The maximum absolute atomic E-state index is 14.4. The van der Waals surface area contributed by atoms with Gasteiger partial charge in [-0.1, -0.05) is 108 Å². The number of fused-ring (bicyclic) bond motifs is 2. The van der Waals surface area contributed by atoms with E-state index in [1.165, 1.54) is 11.3 Å². The van der Waals surface area contributed by atoms with E-state index in [1.54, 1.807) is 48.6 Å². The van der Waals surface area contributed by atoms with Crippen molar-refractivity contribution in [3.63, 3.8) is 0 Å². The normalized spacial score (nSPS) is 14.3. The largest absolute Gasteiger partial charge is 0.493 e. The van der Waals surface area contributed by atoms with Crippen LogP contribution in [-0.2, 0) is 16.1 Å². The van der Waals surface area contributed by atoms with E-state index in [2.05, 4.69) is 18.2 Å². The zero-order valence-electron chi connectivity index (χ0n) is 28.1. The number of carbonyl (C=O) groups is 1. The number of hydrogen-bond acceptors (Lipinski definition) is 8. The lowest BCUT2D eigenvalue weighted by molar-refractivity contribution is -0.138. The molecule has 51 heavy (non-hydrogen) atoms. The lowest BCUT2D eigenvalue weighted by atomic mass is 9.93. The molecule has 10 heteroatoms. The summed E-state index contributed by atoms with van der Waals surface area (Å²) in [6.07, 6.45) is 3.76. The first-order valence-electron chi connectivity index (χ1n) is 16.3. The van der Waals surface area contributed by atoms with Crippen molar-refractivity contribution < 1.29 is 19.0 Å². The van der Waals surface area contributed by atoms with Gasteiger partial charge in [-0.3, -0.25) is 9.36 Å². The molecule has 0 N–H and O–H groups in total. The lowest BCUT2D eigenvalue weighted by Crippen LogP contribution is -2.40. The van der Waals surface area contributed by atoms with Crippen molar-refractivity contribution in [1.82, 2.24) is 4.57 Å². The van der Waals surface area contributed by atoms with Gasteiger partial charge in [-0.25, -0.2) is 9.79 Å². The molecule has 0 spiro atoms. The molecule has 6 aromatic rings. The number of methoxy groups -OCH3 is 1. The number of thioether (sulfide) groups is 1. The molecule has 7 rings (SSSR count). The van der Waals surface area contributed by atoms with E-state index in [-0.39, 0.29) is 12.2 Å². The highest BCUT2D eigenvalue weighted by Crippen LogP contribution is 2.38. The van der Waals surface area contributed by atoms with Crippen molar-refractivity contribution in [3.05, 3.63) is 162 Å². The molecule has 0 saturated heterocycles. The maximum Gasteiger partial charge on any atom is 0.338 e. The van der Waals surface area contributed by atoms with Gasteiger partial charge in [-0.2, -0.15) is 0 Å². The van der Waals surface area contributed by atoms with Crippen LogP contribution in [0.25, 0.3) is 22.5 Å². The number of nitrogens with zero attached hydrogens (tertiary/aromatic N) is 2. The molecule has 0 saturated carbocycles. The summed E-state index contributed by atoms with van der Waals surface area (Å²) in [7, 11) is 1.55. The Balaban J connectivity index is 1.33. The van der Waals surface area contributed by atoms with Crippen molar-refractivity contribution in [2.75, 3.05) is 20.0 Å². The molecular formula is C41H33ClN2O5S2. The Morgan fingerprint density at radius 2 is 1.73 bits per heavy atom. The Morgan fingerprint density at radius 3 is 2.47 bits per heavy atom. The van der Waals surface area contributed by atoms with E-state index in [0.29, 0.717) is 49.3 Å². The Bertz CT molecular complexity index is 2470. The second-order valence-corrected chi connectivity index (χ2v) is 14.0. The van der Waals surface area contributed by atoms with Crippen LogP contribution < -0.4 is 24.4 Å². The van der Waals surface area contributed by atoms with E-state index in [4.69, 9.17) is 30.8 Å². The van der Waals surface area contributed by atoms with Crippen LogP contribution in [0.5, 0.6) is 11.5 Å². The molecule has 0 amide bonds. The summed E-state index contributed by atoms with van der Waals surface area (Å²) in [6.45, 7) is 2.23. The van der Waals surface area contributed by atoms with Gasteiger partial charge >= 0.3 is 5.97 Å². The van der Waals surface area contributed by atoms with Crippen LogP contribution >= 0.6 is 34.7 Å². The summed E-state index contributed by atoms with van der Waals surface area (Å²) in [6, 6.07) is 34.4. The summed E-state index contributed by atoms with van der Waals surface area (Å²) in [4.78, 5) is 34.6. The third-order valence-corrected chi connectivity index (χ3v) is 10.6. The van der Waals surface area contributed by atoms with Gasteiger partial charge in [0.25, 0.3) is 5.56 Å². The van der Waals surface area contributed by atoms with Crippen molar-refractivity contribution in [1.29, 1.82) is 0 Å². The van der Waals surface area contributed by atoms with Gasteiger partial charge in [-0.15, -0.1) is 11.8 Å². The number of rotatable bonds is 10. The van der Waals surface area contributed by atoms with Crippen LogP contribution in [0.15, 0.2) is 129 Å². The van der Waals surface area contributed by atoms with Gasteiger partial charge in [0.15, 0.2) is 16.3 Å². The zero-order chi connectivity index (χ0) is 35.5. The molecule has 1 aliphatic rings. The van der Waals surface area contributed by atoms with Gasteiger partial charge in [0.2, 0.25) is 0 Å². The summed E-state index contributed by atoms with van der Waals surface area (Å²) >= 11 is 9.68. The SMILES string of the molecule is CCOC(=O)C1=C(c2ccccc2)N=c2s/c(=C\c3cc(Cl)c(OCc4cccc5ccccc45)c(OC)c3)c(=O)n2[C@H]1c1ccc(SC)cc1. The minimum atomic E-state index is -0.767. The second kappa shape index (κ2) is 15.0. The number of ether oxygens (including phenoxy) is 3. The summed E-state index contributed by atoms with van der Waals surface area (Å²) in [5.74, 6) is 0.319. The van der Waals surface area contributed by atoms with Crippen LogP contribution in [0.1, 0.15) is 35.2 Å². The molecule has 0 bridgehead atoms. The second-order valence-electron chi connectivity index (χ2n) is 11.7. The molecule has 1 atom stereocenters. The van der Waals surface area contributed by atoms with Crippen LogP contribution in [0.4, 0.5) is 0 Å². The Hall–Kier alpha value is -5.09. The first-order valence-corrected chi connectivity index (χ1v) is 18.7. The first kappa shape index (κ1) is 34.4. The molecule has 1 aliphatic heterocycles. The van der Waals surface area contributed by atoms with Gasteiger partial charge in [0.1, 0.15) is 6.61 Å². The molecule has 1 aromatic heterocycles. The molecule has 2 heterocycles. The maximum atomic E-state index is 14.4. The van der Waals surface area contributed by atoms with Crippen molar-refractivity contribution in [2.45, 2.75) is 24.5 Å². The van der Waals surface area contributed by atoms with E-state index < -0.39 is 12.0 Å². The lowest BCUT2D eigenvalue weighted by Gasteiger charge is -2.26. The third-order valence-electron chi connectivity index (χ3n) is 8.61. The molecular weight excluding hydrogens is 700 g/mol. The van der Waals surface area contributed by atoms with Crippen LogP contribution in [0.2, 0.25) is 5.02 Å². The molecule has 7 nitrogen and oxygen atoms in total. The monoisotopic (exact) mass is 732 g/mol. The van der Waals surface area contributed by atoms with Crippen LogP contribution in [0, 0.1) is 0 Å². The van der Waals surface area contributed by atoms with Crippen molar-refractivity contribution >= 4 is 63.2 Å². The highest BCUT2D eigenvalue weighted by Gasteiger charge is 2.35. The average molecular weight is 733 g/mol. The standard InChI is InChI=1S/C41H33ClN2O5S2/c1-4-48-40(46)35-36(27-12-6-5-7-13-27)43-41-44(37(35)28-17-19-30(50-3)20-18-28)39(45)34(51-41)23-25-21-32(42)38(33(22-25)47-2)49-24-29-15-10-14-26-11-8-9-16-31(26)29/h5-23,37H,4,24H2,1-3H3/b34-23-/t37-/m0/s1. The quantitative estimate of drug-likeness (QED) is 0.105. The molecule has 0 aliphatic carbocycles. The van der Waals surface area contributed by atoms with E-state index in [1.807, 2.05) is 85.1 Å². The molecule has 5 aromatic carbocycles. The van der Waals surface area contributed by atoms with Crippen LogP contribution in [0.3, 0.4) is 0 Å². The number of aromatic nitrogens is 1. The zero-order valence-corrected chi connectivity index (χ0v) is 30.5. The van der Waals surface area contributed by atoms with E-state index >= 15 is 0 Å². The minimum Gasteiger partial charge on any atom is -0.493 e. The number of esters is 1. The molecule has 256 valence electrons. The number of benzene rings is 5. The average Bonchev–Trinajstić information content (AvgIpc) is 3.47. The predicted molar refractivity (Wildman–Crippen MR) is 206 cm³/mol. The van der Waals surface area contributed by atoms with Crippen LogP contribution in [-0.4, -0.2) is 30.5 Å². The number of carbonyl (C=O) groups excluding carboxylic acids is 1. The fourth-order valence-electron chi connectivity index (χ4n) is 6.22. The Kier molecular flexibility index (Phi) is 10.1.